The van der Waals surface area contributed by atoms with E-state index in [0.717, 1.165) is 38.9 Å². The fraction of sp³-hybridized carbons (Fsp3) is 0.304. The van der Waals surface area contributed by atoms with Crippen LogP contribution in [0.1, 0.15) is 98.3 Å². The first-order valence-electron chi connectivity index (χ1n) is 18.9. The summed E-state index contributed by atoms with van der Waals surface area (Å²) >= 11 is 0. The minimum Gasteiger partial charge on any atom is -0.509 e. The summed E-state index contributed by atoms with van der Waals surface area (Å²) in [5.41, 5.74) is 11.2. The van der Waals surface area contributed by atoms with E-state index >= 15 is 0 Å². The van der Waals surface area contributed by atoms with Crippen LogP contribution >= 0.6 is 0 Å². The second-order valence-electron chi connectivity index (χ2n) is 14.8. The molecule has 0 radical (unpaired) electrons. The van der Waals surface area contributed by atoms with Crippen molar-refractivity contribution in [2.45, 2.75) is 89.9 Å². The van der Waals surface area contributed by atoms with Gasteiger partial charge in [0, 0.05) is 35.0 Å². The summed E-state index contributed by atoms with van der Waals surface area (Å²) in [6, 6.07) is 34.7. The normalized spacial score (nSPS) is 15.6. The van der Waals surface area contributed by atoms with Gasteiger partial charge in [-0.15, -0.1) is 35.7 Å². The number of fused-ring (bicyclic) bond motifs is 3. The Kier molecular flexibility index (Phi) is 9.90. The van der Waals surface area contributed by atoms with E-state index in [-0.39, 0.29) is 21.1 Å². The molecular weight excluding hydrogens is 820 g/mol. The van der Waals surface area contributed by atoms with Gasteiger partial charge >= 0.3 is 21.1 Å². The minimum absolute atomic E-state index is 0. The molecule has 5 nitrogen and oxygen atoms in total. The Hall–Kier alpha value is -4.47. The Bertz CT molecular complexity index is 2320. The van der Waals surface area contributed by atoms with Crippen LogP contribution in [0.25, 0.3) is 44.4 Å². The number of hydrogen-bond acceptors (Lipinski definition) is 3. The van der Waals surface area contributed by atoms with Gasteiger partial charge < -0.3 is 9.30 Å². The van der Waals surface area contributed by atoms with Gasteiger partial charge in [-0.05, 0) is 103 Å². The Balaban J connectivity index is 0.00000387. The van der Waals surface area contributed by atoms with Crippen molar-refractivity contribution in [3.63, 3.8) is 0 Å². The Labute approximate surface area is 321 Å². The van der Waals surface area contributed by atoms with Gasteiger partial charge in [-0.25, -0.2) is 4.98 Å². The Morgan fingerprint density at radius 1 is 0.692 bits per heavy atom. The van der Waals surface area contributed by atoms with Crippen LogP contribution in [0.15, 0.2) is 97.5 Å². The second kappa shape index (κ2) is 14.9. The van der Waals surface area contributed by atoms with Crippen molar-refractivity contribution in [2.24, 2.45) is 0 Å². The molecule has 6 heteroatoms. The van der Waals surface area contributed by atoms with Crippen LogP contribution < -0.4 is 4.74 Å². The molecule has 2 aliphatic rings. The smallest absolute Gasteiger partial charge is 0.509 e. The first-order chi connectivity index (χ1) is 25.1. The average molecular weight is 864 g/mol. The average Bonchev–Trinajstić information content (AvgIpc) is 3.79. The van der Waals surface area contributed by atoms with Crippen LogP contribution in [-0.2, 0) is 21.1 Å². The number of rotatable bonds is 7. The first kappa shape index (κ1) is 34.6. The van der Waals surface area contributed by atoms with Crippen LogP contribution in [0.2, 0.25) is 0 Å². The zero-order chi connectivity index (χ0) is 34.3. The van der Waals surface area contributed by atoms with Crippen molar-refractivity contribution >= 4 is 21.8 Å². The van der Waals surface area contributed by atoms with E-state index in [4.69, 9.17) is 14.8 Å². The molecule has 2 aliphatic carbocycles. The first-order valence-corrected chi connectivity index (χ1v) is 18.9. The van der Waals surface area contributed by atoms with Gasteiger partial charge in [-0.3, -0.25) is 4.68 Å². The summed E-state index contributed by atoms with van der Waals surface area (Å²) in [5, 5.41) is 7.21. The van der Waals surface area contributed by atoms with Gasteiger partial charge in [-0.1, -0.05) is 79.9 Å². The van der Waals surface area contributed by atoms with Crippen LogP contribution in [0, 0.1) is 26.0 Å². The second-order valence-corrected chi connectivity index (χ2v) is 14.8. The summed E-state index contributed by atoms with van der Waals surface area (Å²) in [7, 11) is 0. The Morgan fingerprint density at radius 2 is 1.40 bits per heavy atom. The number of nitrogens with zero attached hydrogens (tertiary/aromatic N) is 4. The summed E-state index contributed by atoms with van der Waals surface area (Å²) in [5.74, 6) is 3.36. The number of benzene rings is 4. The van der Waals surface area contributed by atoms with Crippen molar-refractivity contribution < 1.29 is 25.8 Å². The molecule has 52 heavy (non-hydrogen) atoms. The third-order valence-electron chi connectivity index (χ3n) is 11.2. The molecule has 9 rings (SSSR count). The third kappa shape index (κ3) is 6.65. The van der Waals surface area contributed by atoms with Gasteiger partial charge in [0.2, 0.25) is 0 Å². The van der Waals surface area contributed by atoms with Gasteiger partial charge in [0.1, 0.15) is 5.82 Å². The predicted molar refractivity (Wildman–Crippen MR) is 206 cm³/mol. The molecule has 0 atom stereocenters. The van der Waals surface area contributed by atoms with Crippen LogP contribution in [0.4, 0.5) is 0 Å². The molecule has 2 fully saturated rings. The Morgan fingerprint density at radius 3 is 2.13 bits per heavy atom. The van der Waals surface area contributed by atoms with Gasteiger partial charge in [0.25, 0.3) is 0 Å². The molecule has 3 aromatic heterocycles. The molecule has 2 saturated carbocycles. The largest absolute Gasteiger partial charge is 2.00 e. The van der Waals surface area contributed by atoms with E-state index in [2.05, 4.69) is 97.5 Å². The zero-order valence-electron chi connectivity index (χ0n) is 30.0. The number of aryl methyl sites for hydroxylation is 2. The number of hydrogen-bond donors (Lipinski definition) is 0. The molecule has 0 amide bonds. The predicted octanol–water partition coefficient (Wildman–Crippen LogP) is 12.1. The SMILES string of the molecule is Cc1ccnc(-n2c3[c-]c(Oc4[c-]c(-n5cc(-c6c(C7CCCCC7)cc(C)cc6C6CCCCC6)cn5)ccc4)ccc3c3ccccc32)c1.[Pt+2]. The maximum Gasteiger partial charge on any atom is 2.00 e. The van der Waals surface area contributed by atoms with Crippen molar-refractivity contribution in [1.29, 1.82) is 0 Å². The zero-order valence-corrected chi connectivity index (χ0v) is 32.2. The summed E-state index contributed by atoms with van der Waals surface area (Å²) in [6.45, 7) is 4.38. The van der Waals surface area contributed by atoms with Crippen LogP contribution in [0.5, 0.6) is 11.5 Å². The van der Waals surface area contributed by atoms with Crippen molar-refractivity contribution in [1.82, 2.24) is 19.3 Å². The van der Waals surface area contributed by atoms with Crippen LogP contribution in [-0.4, -0.2) is 19.3 Å². The van der Waals surface area contributed by atoms with E-state index in [1.54, 1.807) is 11.1 Å². The van der Waals surface area contributed by atoms with E-state index < -0.39 is 0 Å². The summed E-state index contributed by atoms with van der Waals surface area (Å²) < 4.78 is 10.6. The van der Waals surface area contributed by atoms with Gasteiger partial charge in [-0.2, -0.15) is 17.2 Å². The molecule has 0 aliphatic heterocycles. The molecule has 0 saturated heterocycles. The van der Waals surface area contributed by atoms with E-state index in [1.807, 2.05) is 35.1 Å². The summed E-state index contributed by atoms with van der Waals surface area (Å²) in [4.78, 5) is 4.72. The molecular formula is C46H44N4OPt. The van der Waals surface area contributed by atoms with Crippen LogP contribution in [0.3, 0.4) is 0 Å². The molecule has 264 valence electrons. The number of para-hydroxylation sites is 1. The molecule has 4 aromatic carbocycles. The number of aromatic nitrogens is 4. The quantitative estimate of drug-likeness (QED) is 0.150. The molecule has 0 bridgehead atoms. The molecule has 0 unspecified atom stereocenters. The van der Waals surface area contributed by atoms with Crippen molar-refractivity contribution in [3.05, 3.63) is 132 Å². The standard InChI is InChI=1S/C46H44N4O.Pt/c1-31-22-23-47-45(26-31)50-43-19-10-9-18-39(43)40-21-20-38(28-44(40)50)51-37-17-11-16-36(27-37)49-30-35(29-48-49)46-41(33-12-5-3-6-13-33)24-32(2)25-42(46)34-14-7-4-8-15-34;/h9-11,16-26,29-30,33-34H,3-8,12-15H2,1-2H3;/q-2;+2. The van der Waals surface area contributed by atoms with E-state index in [0.29, 0.717) is 23.3 Å². The van der Waals surface area contributed by atoms with Crippen molar-refractivity contribution in [3.8, 4) is 34.1 Å². The van der Waals surface area contributed by atoms with Crippen molar-refractivity contribution in [2.75, 3.05) is 0 Å². The van der Waals surface area contributed by atoms with Gasteiger partial charge in [0.05, 0.1) is 6.20 Å². The number of pyridine rings is 1. The molecule has 0 spiro atoms. The van der Waals surface area contributed by atoms with E-state index in [1.165, 1.54) is 80.9 Å². The maximum atomic E-state index is 6.47. The summed E-state index contributed by atoms with van der Waals surface area (Å²) in [6.07, 6.45) is 19.3. The topological polar surface area (TPSA) is 44.9 Å². The van der Waals surface area contributed by atoms with Gasteiger partial charge in [0.15, 0.2) is 0 Å². The molecule has 3 heterocycles. The fourth-order valence-electron chi connectivity index (χ4n) is 8.79. The monoisotopic (exact) mass is 863 g/mol. The fourth-order valence-corrected chi connectivity index (χ4v) is 8.79. The number of ether oxygens (including phenoxy) is 1. The molecule has 7 aromatic rings. The van der Waals surface area contributed by atoms with E-state index in [9.17, 15) is 0 Å². The minimum atomic E-state index is 0. The third-order valence-corrected chi connectivity index (χ3v) is 11.2. The molecule has 0 N–H and O–H groups in total. The maximum absolute atomic E-state index is 6.47.